The Morgan fingerprint density at radius 1 is 0.517 bits per heavy atom. The summed E-state index contributed by atoms with van der Waals surface area (Å²) in [6.07, 6.45) is 16.0. The highest BCUT2D eigenvalue weighted by Gasteiger charge is 2.14. The summed E-state index contributed by atoms with van der Waals surface area (Å²) < 4.78 is 23.0. The van der Waals surface area contributed by atoms with Crippen LogP contribution in [-0.2, 0) is 0 Å². The molecule has 58 heavy (non-hydrogen) atoms. The molecule has 7 nitrogen and oxygen atoms in total. The van der Waals surface area contributed by atoms with E-state index < -0.39 is 11.9 Å². The van der Waals surface area contributed by atoms with Crippen molar-refractivity contribution in [3.63, 3.8) is 0 Å². The predicted octanol–water partition coefficient (Wildman–Crippen LogP) is 14.3. The maximum atomic E-state index is 13.0. The van der Waals surface area contributed by atoms with Gasteiger partial charge in [-0.25, -0.2) is 9.59 Å². The van der Waals surface area contributed by atoms with E-state index in [4.69, 9.17) is 42.1 Å². The molecule has 0 fully saturated rings. The van der Waals surface area contributed by atoms with Gasteiger partial charge in [0.05, 0.1) is 40.1 Å². The molecule has 0 atom stereocenters. The van der Waals surface area contributed by atoms with E-state index in [1.54, 1.807) is 79.0 Å². The van der Waals surface area contributed by atoms with Crippen LogP contribution in [0.2, 0.25) is 10.0 Å². The van der Waals surface area contributed by atoms with Crippen LogP contribution in [0.1, 0.15) is 117 Å². The van der Waals surface area contributed by atoms with Crippen LogP contribution < -0.4 is 18.9 Å². The number of esters is 2. The summed E-state index contributed by atoms with van der Waals surface area (Å²) in [7, 11) is 0. The molecule has 0 amide bonds. The Kier molecular flexibility index (Phi) is 18.2. The number of nitrogens with zero attached hydrogens (tertiary/aromatic N) is 1. The molecular formula is C49H53Cl2NO6. The Balaban J connectivity index is 1.08. The van der Waals surface area contributed by atoms with Crippen molar-refractivity contribution in [1.82, 2.24) is 0 Å². The van der Waals surface area contributed by atoms with E-state index in [1.165, 1.54) is 57.8 Å². The Hall–Kier alpha value is -5.11. The van der Waals surface area contributed by atoms with Gasteiger partial charge in [0, 0.05) is 12.3 Å². The number of rotatable bonds is 23. The quantitative estimate of drug-likeness (QED) is 0.0282. The van der Waals surface area contributed by atoms with Crippen LogP contribution >= 0.6 is 23.2 Å². The normalized spacial score (nSPS) is 11.1. The third-order valence-electron chi connectivity index (χ3n) is 9.57. The average molecular weight is 823 g/mol. The largest absolute Gasteiger partial charge is 0.494 e. The summed E-state index contributed by atoms with van der Waals surface area (Å²) >= 11 is 12.8. The molecule has 0 spiro atoms. The van der Waals surface area contributed by atoms with Crippen molar-refractivity contribution < 1.29 is 28.5 Å². The topological polar surface area (TPSA) is 83.4 Å². The first-order valence-corrected chi connectivity index (χ1v) is 21.2. The van der Waals surface area contributed by atoms with Crippen molar-refractivity contribution in [2.75, 3.05) is 13.2 Å². The van der Waals surface area contributed by atoms with Gasteiger partial charge in [-0.2, -0.15) is 0 Å². The summed E-state index contributed by atoms with van der Waals surface area (Å²) in [5.41, 5.74) is 3.90. The lowest BCUT2D eigenvalue weighted by Crippen LogP contribution is -2.09. The van der Waals surface area contributed by atoms with E-state index in [-0.39, 0.29) is 0 Å². The smallest absolute Gasteiger partial charge is 0.343 e. The highest BCUT2D eigenvalue weighted by atomic mass is 35.5. The van der Waals surface area contributed by atoms with Crippen LogP contribution in [0.25, 0.3) is 11.1 Å². The number of aliphatic imine (C=N–C) groups is 1. The van der Waals surface area contributed by atoms with Crippen molar-refractivity contribution >= 4 is 47.0 Å². The van der Waals surface area contributed by atoms with E-state index in [9.17, 15) is 9.59 Å². The van der Waals surface area contributed by atoms with Crippen LogP contribution in [0.4, 0.5) is 5.69 Å². The molecule has 0 radical (unpaired) electrons. The summed E-state index contributed by atoms with van der Waals surface area (Å²) in [6, 6.07) is 31.9. The van der Waals surface area contributed by atoms with Crippen molar-refractivity contribution in [3.05, 3.63) is 136 Å². The van der Waals surface area contributed by atoms with E-state index in [0.29, 0.717) is 50.7 Å². The van der Waals surface area contributed by atoms with Gasteiger partial charge in [-0.05, 0) is 108 Å². The first-order valence-electron chi connectivity index (χ1n) is 20.5. The molecule has 5 aromatic rings. The lowest BCUT2D eigenvalue weighted by atomic mass is 10.0. The fourth-order valence-corrected chi connectivity index (χ4v) is 6.58. The molecule has 0 bridgehead atoms. The Morgan fingerprint density at radius 2 is 1.03 bits per heavy atom. The molecule has 0 N–H and O–H groups in total. The number of benzene rings is 5. The van der Waals surface area contributed by atoms with Gasteiger partial charge in [-0.3, -0.25) is 4.99 Å². The van der Waals surface area contributed by atoms with Crippen LogP contribution in [-0.4, -0.2) is 31.4 Å². The molecule has 0 aliphatic heterocycles. The molecule has 0 saturated heterocycles. The fraction of sp³-hybridized carbons (Fsp3) is 0.327. The van der Waals surface area contributed by atoms with E-state index >= 15 is 0 Å². The summed E-state index contributed by atoms with van der Waals surface area (Å²) in [5, 5.41) is 0.753. The lowest BCUT2D eigenvalue weighted by Gasteiger charge is -2.10. The van der Waals surface area contributed by atoms with Gasteiger partial charge in [0.25, 0.3) is 0 Å². The standard InChI is InChI=1S/C49H53Cl2NO6/c1-3-5-7-9-11-13-31-55-41-26-21-38(22-27-41)37-17-19-39(20-18-37)48(53)58-43-28-29-44(50)46(34-43)52-35-36-15-24-42(25-16-36)57-49(54)40-23-30-47(45(51)33-40)56-32-14-12-10-8-6-4-2/h15-30,33-35H,3-14,31-32H2,1-2H3. The molecule has 0 aliphatic carbocycles. The second-order valence-corrected chi connectivity index (χ2v) is 15.0. The lowest BCUT2D eigenvalue weighted by molar-refractivity contribution is 0.0725. The summed E-state index contributed by atoms with van der Waals surface area (Å²) in [5.74, 6) is 1.04. The summed E-state index contributed by atoms with van der Waals surface area (Å²) in [6.45, 7) is 5.74. The van der Waals surface area contributed by atoms with Gasteiger partial charge in [0.15, 0.2) is 0 Å². The molecule has 0 aromatic heterocycles. The van der Waals surface area contributed by atoms with Crippen LogP contribution in [0.15, 0.2) is 114 Å². The minimum absolute atomic E-state index is 0.307. The number of hydrogen-bond acceptors (Lipinski definition) is 7. The maximum Gasteiger partial charge on any atom is 0.343 e. The van der Waals surface area contributed by atoms with Crippen LogP contribution in [0, 0.1) is 0 Å². The zero-order chi connectivity index (χ0) is 41.0. The Bertz CT molecular complexity index is 2060. The minimum atomic E-state index is -0.533. The van der Waals surface area contributed by atoms with E-state index in [1.807, 2.05) is 36.4 Å². The third kappa shape index (κ3) is 14.4. The third-order valence-corrected chi connectivity index (χ3v) is 10.2. The van der Waals surface area contributed by atoms with Crippen molar-refractivity contribution in [1.29, 1.82) is 0 Å². The molecule has 0 heterocycles. The highest BCUT2D eigenvalue weighted by Crippen LogP contribution is 2.31. The predicted molar refractivity (Wildman–Crippen MR) is 236 cm³/mol. The first kappa shape index (κ1) is 44.0. The monoisotopic (exact) mass is 821 g/mol. The molecule has 0 unspecified atom stereocenters. The number of ether oxygens (including phenoxy) is 4. The van der Waals surface area contributed by atoms with Gasteiger partial charge in [-0.1, -0.05) is 126 Å². The van der Waals surface area contributed by atoms with Gasteiger partial charge in [-0.15, -0.1) is 0 Å². The molecule has 304 valence electrons. The maximum absolute atomic E-state index is 13.0. The number of hydrogen-bond donors (Lipinski definition) is 0. The van der Waals surface area contributed by atoms with Crippen LogP contribution in [0.3, 0.4) is 0 Å². The molecule has 5 aromatic carbocycles. The Labute approximate surface area is 353 Å². The zero-order valence-electron chi connectivity index (χ0n) is 33.5. The minimum Gasteiger partial charge on any atom is -0.494 e. The number of carbonyl (C=O) groups is 2. The van der Waals surface area contributed by atoms with E-state index in [2.05, 4.69) is 18.8 Å². The average Bonchev–Trinajstić information content (AvgIpc) is 3.24. The van der Waals surface area contributed by atoms with Crippen LogP contribution in [0.5, 0.6) is 23.0 Å². The number of unbranched alkanes of at least 4 members (excludes halogenated alkanes) is 10. The van der Waals surface area contributed by atoms with E-state index in [0.717, 1.165) is 48.3 Å². The van der Waals surface area contributed by atoms with Gasteiger partial charge >= 0.3 is 11.9 Å². The molecule has 0 aliphatic rings. The van der Waals surface area contributed by atoms with Crippen molar-refractivity contribution in [2.24, 2.45) is 4.99 Å². The fourth-order valence-electron chi connectivity index (χ4n) is 6.18. The van der Waals surface area contributed by atoms with Gasteiger partial charge in [0.2, 0.25) is 0 Å². The molecule has 5 rings (SSSR count). The molecule has 0 saturated carbocycles. The van der Waals surface area contributed by atoms with Gasteiger partial charge in [0.1, 0.15) is 23.0 Å². The van der Waals surface area contributed by atoms with Gasteiger partial charge < -0.3 is 18.9 Å². The second-order valence-electron chi connectivity index (χ2n) is 14.2. The Morgan fingerprint density at radius 3 is 1.67 bits per heavy atom. The SMILES string of the molecule is CCCCCCCCOc1ccc(-c2ccc(C(=O)Oc3ccc(Cl)c(N=Cc4ccc(OC(=O)c5ccc(OCCCCCCCC)c(Cl)c5)cc4)c3)cc2)cc1. The van der Waals surface area contributed by atoms with Crippen molar-refractivity contribution in [3.8, 4) is 34.1 Å². The zero-order valence-corrected chi connectivity index (χ0v) is 35.0. The second kappa shape index (κ2) is 24.0. The van der Waals surface area contributed by atoms with Crippen molar-refractivity contribution in [2.45, 2.75) is 90.9 Å². The first-order chi connectivity index (χ1) is 28.3. The number of carbonyl (C=O) groups excluding carboxylic acids is 2. The summed E-state index contributed by atoms with van der Waals surface area (Å²) in [4.78, 5) is 30.4. The highest BCUT2D eigenvalue weighted by molar-refractivity contribution is 6.33. The number of halogens is 2. The molecule has 9 heteroatoms. The molecular weight excluding hydrogens is 769 g/mol.